The lowest BCUT2D eigenvalue weighted by atomic mass is 9.94. The van der Waals surface area contributed by atoms with Crippen molar-refractivity contribution in [2.45, 2.75) is 31.7 Å². The van der Waals surface area contributed by atoms with Gasteiger partial charge in [-0.2, -0.15) is 0 Å². The highest BCUT2D eigenvalue weighted by molar-refractivity contribution is 9.10. The summed E-state index contributed by atoms with van der Waals surface area (Å²) in [6.45, 7) is 0.606. The number of carbonyl (C=O) groups is 2. The quantitative estimate of drug-likeness (QED) is 0.910. The zero-order valence-electron chi connectivity index (χ0n) is 11.7. The summed E-state index contributed by atoms with van der Waals surface area (Å²) in [5, 5.41) is 9.49. The largest absolute Gasteiger partial charge is 0.480 e. The first-order valence-electron chi connectivity index (χ1n) is 7.33. The lowest BCUT2D eigenvalue weighted by Crippen LogP contribution is -2.43. The Morgan fingerprint density at radius 3 is 2.86 bits per heavy atom. The van der Waals surface area contributed by atoms with Crippen LogP contribution in [0.2, 0.25) is 0 Å². The molecule has 0 spiro atoms. The molecule has 1 aliphatic heterocycles. The molecule has 1 amide bonds. The fourth-order valence-electron chi connectivity index (χ4n) is 3.80. The summed E-state index contributed by atoms with van der Waals surface area (Å²) in [6.07, 6.45) is 3.34. The van der Waals surface area contributed by atoms with Crippen molar-refractivity contribution >= 4 is 27.8 Å². The van der Waals surface area contributed by atoms with Gasteiger partial charge < -0.3 is 10.0 Å². The lowest BCUT2D eigenvalue weighted by molar-refractivity contribution is -0.149. The Kier molecular flexibility index (Phi) is 4.02. The molecule has 4 nitrogen and oxygen atoms in total. The summed E-state index contributed by atoms with van der Waals surface area (Å²) < 4.78 is 0.931. The molecule has 1 aromatic rings. The number of aliphatic carboxylic acids is 1. The maximum Gasteiger partial charge on any atom is 0.326 e. The van der Waals surface area contributed by atoms with E-state index in [1.165, 1.54) is 0 Å². The van der Waals surface area contributed by atoms with Crippen LogP contribution in [0.15, 0.2) is 28.7 Å². The Labute approximate surface area is 132 Å². The third-order valence-corrected chi connectivity index (χ3v) is 5.20. The molecule has 5 heteroatoms. The average molecular weight is 352 g/mol. The minimum Gasteiger partial charge on any atom is -0.480 e. The number of likely N-dealkylation sites (tertiary alicyclic amines) is 1. The van der Waals surface area contributed by atoms with Crippen molar-refractivity contribution in [2.75, 3.05) is 6.54 Å². The highest BCUT2D eigenvalue weighted by Gasteiger charge is 2.49. The molecule has 0 radical (unpaired) electrons. The van der Waals surface area contributed by atoms with Crippen LogP contribution in [-0.4, -0.2) is 34.5 Å². The van der Waals surface area contributed by atoms with Crippen molar-refractivity contribution in [1.82, 2.24) is 4.90 Å². The highest BCUT2D eigenvalue weighted by Crippen LogP contribution is 2.42. The number of fused-ring (bicyclic) bond motifs is 1. The second-order valence-electron chi connectivity index (χ2n) is 5.99. The summed E-state index contributed by atoms with van der Waals surface area (Å²) in [7, 11) is 0. The Morgan fingerprint density at radius 2 is 2.14 bits per heavy atom. The molecule has 1 heterocycles. The van der Waals surface area contributed by atoms with Crippen molar-refractivity contribution < 1.29 is 14.7 Å². The van der Waals surface area contributed by atoms with E-state index in [4.69, 9.17) is 0 Å². The molecule has 3 atom stereocenters. The normalized spacial score (nSPS) is 27.7. The van der Waals surface area contributed by atoms with Gasteiger partial charge in [0.15, 0.2) is 0 Å². The lowest BCUT2D eigenvalue weighted by Gasteiger charge is -2.24. The van der Waals surface area contributed by atoms with Crippen LogP contribution in [0.4, 0.5) is 0 Å². The maximum atomic E-state index is 12.5. The van der Waals surface area contributed by atoms with E-state index in [1.807, 2.05) is 24.3 Å². The first-order valence-corrected chi connectivity index (χ1v) is 8.12. The number of amides is 1. The fraction of sp³-hybridized carbons (Fsp3) is 0.500. The number of rotatable bonds is 3. The van der Waals surface area contributed by atoms with Crippen molar-refractivity contribution in [3.8, 4) is 0 Å². The van der Waals surface area contributed by atoms with Gasteiger partial charge in [0.05, 0.1) is 6.42 Å². The molecule has 2 fully saturated rings. The molecule has 1 saturated carbocycles. The standard InChI is InChI=1S/C16H18BrNO3/c17-12-5-1-3-10(7-12)8-14(19)18-9-11-4-2-6-13(11)15(18)16(20)21/h1,3,5,7,11,13,15H,2,4,6,8-9H2,(H,20,21). The number of hydrogen-bond donors (Lipinski definition) is 1. The van der Waals surface area contributed by atoms with Crippen LogP contribution in [0.25, 0.3) is 0 Å². The minimum atomic E-state index is -0.855. The zero-order valence-corrected chi connectivity index (χ0v) is 13.3. The van der Waals surface area contributed by atoms with Crippen molar-refractivity contribution in [3.05, 3.63) is 34.3 Å². The predicted molar refractivity (Wildman–Crippen MR) is 81.8 cm³/mol. The van der Waals surface area contributed by atoms with Crippen molar-refractivity contribution in [1.29, 1.82) is 0 Å². The van der Waals surface area contributed by atoms with E-state index in [1.54, 1.807) is 4.90 Å². The van der Waals surface area contributed by atoms with Gasteiger partial charge in [-0.3, -0.25) is 4.79 Å². The van der Waals surface area contributed by atoms with Gasteiger partial charge in [-0.05, 0) is 42.4 Å². The topological polar surface area (TPSA) is 57.6 Å². The van der Waals surface area contributed by atoms with Crippen molar-refractivity contribution in [2.24, 2.45) is 11.8 Å². The van der Waals surface area contributed by atoms with Crippen LogP contribution < -0.4 is 0 Å². The number of benzene rings is 1. The number of carboxylic acid groups (broad SMARTS) is 1. The second kappa shape index (κ2) is 5.79. The molecular weight excluding hydrogens is 334 g/mol. The van der Waals surface area contributed by atoms with Crippen molar-refractivity contribution in [3.63, 3.8) is 0 Å². The highest BCUT2D eigenvalue weighted by atomic mass is 79.9. The van der Waals surface area contributed by atoms with Gasteiger partial charge in [-0.1, -0.05) is 34.5 Å². The summed E-state index contributed by atoms with van der Waals surface area (Å²) in [4.78, 5) is 25.7. The van der Waals surface area contributed by atoms with Crippen LogP contribution in [0.5, 0.6) is 0 Å². The molecule has 2 aliphatic rings. The molecule has 112 valence electrons. The van der Waals surface area contributed by atoms with Gasteiger partial charge in [0.25, 0.3) is 0 Å². The number of carbonyl (C=O) groups excluding carboxylic acids is 1. The summed E-state index contributed by atoms with van der Waals surface area (Å²) in [5.74, 6) is -0.409. The molecule has 1 saturated heterocycles. The van der Waals surface area contributed by atoms with Crippen LogP contribution in [0.3, 0.4) is 0 Å². The van der Waals surface area contributed by atoms with Gasteiger partial charge >= 0.3 is 5.97 Å². The molecule has 21 heavy (non-hydrogen) atoms. The van der Waals surface area contributed by atoms with Crippen LogP contribution in [0.1, 0.15) is 24.8 Å². The molecule has 0 aromatic heterocycles. The number of hydrogen-bond acceptors (Lipinski definition) is 2. The number of nitrogens with zero attached hydrogens (tertiary/aromatic N) is 1. The van der Waals surface area contributed by atoms with Gasteiger partial charge in [-0.15, -0.1) is 0 Å². The molecule has 3 rings (SSSR count). The molecule has 1 aliphatic carbocycles. The number of carboxylic acids is 1. The molecule has 1 aromatic carbocycles. The van der Waals surface area contributed by atoms with E-state index in [9.17, 15) is 14.7 Å². The Balaban J connectivity index is 1.76. The van der Waals surface area contributed by atoms with Crippen LogP contribution >= 0.6 is 15.9 Å². The predicted octanol–water partition coefficient (Wildman–Crippen LogP) is 2.70. The molecule has 1 N–H and O–H groups in total. The third kappa shape index (κ3) is 2.84. The van der Waals surface area contributed by atoms with E-state index in [0.29, 0.717) is 12.5 Å². The van der Waals surface area contributed by atoms with Gasteiger partial charge in [0.2, 0.25) is 5.91 Å². The zero-order chi connectivity index (χ0) is 15.0. The minimum absolute atomic E-state index is 0.0742. The summed E-state index contributed by atoms with van der Waals surface area (Å²) >= 11 is 3.39. The SMILES string of the molecule is O=C(O)C1C2CCCC2CN1C(=O)Cc1cccc(Br)c1. The first-order chi connectivity index (χ1) is 10.1. The van der Waals surface area contributed by atoms with Crippen LogP contribution in [0, 0.1) is 11.8 Å². The van der Waals surface area contributed by atoms with Crippen LogP contribution in [-0.2, 0) is 16.0 Å². The molecule has 0 bridgehead atoms. The average Bonchev–Trinajstić information content (AvgIpc) is 2.97. The summed E-state index contributed by atoms with van der Waals surface area (Å²) in [5.41, 5.74) is 0.913. The van der Waals surface area contributed by atoms with E-state index >= 15 is 0 Å². The molecular formula is C16H18BrNO3. The van der Waals surface area contributed by atoms with E-state index in [2.05, 4.69) is 15.9 Å². The van der Waals surface area contributed by atoms with Gasteiger partial charge in [0, 0.05) is 11.0 Å². The van der Waals surface area contributed by atoms with E-state index in [-0.39, 0.29) is 18.2 Å². The fourth-order valence-corrected chi connectivity index (χ4v) is 4.25. The second-order valence-corrected chi connectivity index (χ2v) is 6.91. The molecule has 3 unspecified atom stereocenters. The summed E-state index contributed by atoms with van der Waals surface area (Å²) in [6, 6.07) is 6.98. The van der Waals surface area contributed by atoms with Gasteiger partial charge in [0.1, 0.15) is 6.04 Å². The monoisotopic (exact) mass is 351 g/mol. The first kappa shape index (κ1) is 14.6. The van der Waals surface area contributed by atoms with Gasteiger partial charge in [-0.25, -0.2) is 4.79 Å². The Hall–Kier alpha value is -1.36. The Bertz CT molecular complexity index is 574. The third-order valence-electron chi connectivity index (χ3n) is 4.71. The smallest absolute Gasteiger partial charge is 0.326 e. The Morgan fingerprint density at radius 1 is 1.33 bits per heavy atom. The van der Waals surface area contributed by atoms with E-state index < -0.39 is 12.0 Å². The maximum absolute atomic E-state index is 12.5. The number of halogens is 1. The van der Waals surface area contributed by atoms with E-state index in [0.717, 1.165) is 29.3 Å².